The van der Waals surface area contributed by atoms with Crippen LogP contribution in [0.4, 0.5) is 0 Å². The third kappa shape index (κ3) is 10.1. The maximum Gasteiger partial charge on any atom is 0.240 e. The smallest absolute Gasteiger partial charge is 0.240 e. The van der Waals surface area contributed by atoms with Crippen LogP contribution in [0.25, 0.3) is 0 Å². The van der Waals surface area contributed by atoms with Gasteiger partial charge in [-0.2, -0.15) is 5.10 Å². The van der Waals surface area contributed by atoms with E-state index in [2.05, 4.69) is 29.6 Å². The lowest BCUT2D eigenvalue weighted by Crippen LogP contribution is -2.16. The Kier molecular flexibility index (Phi) is 10.9. The topological polar surface area (TPSA) is 41.5 Å². The quantitative estimate of drug-likeness (QED) is 0.334. The molecule has 0 saturated heterocycles. The maximum atomic E-state index is 11.6. The summed E-state index contributed by atoms with van der Waals surface area (Å²) >= 11 is 0. The van der Waals surface area contributed by atoms with Crippen molar-refractivity contribution in [3.63, 3.8) is 0 Å². The summed E-state index contributed by atoms with van der Waals surface area (Å²) in [4.78, 5) is 11.6. The number of hydrogen-bond donors (Lipinski definition) is 1. The van der Waals surface area contributed by atoms with Crippen molar-refractivity contribution >= 4 is 12.1 Å². The van der Waals surface area contributed by atoms with Gasteiger partial charge < -0.3 is 0 Å². The molecule has 0 aromatic heterocycles. The zero-order valence-corrected chi connectivity index (χ0v) is 13.9. The monoisotopic (exact) mass is 302 g/mol. The Morgan fingerprint density at radius 1 is 1.05 bits per heavy atom. The summed E-state index contributed by atoms with van der Waals surface area (Å²) in [6.07, 6.45) is 12.8. The Morgan fingerprint density at radius 2 is 1.73 bits per heavy atom. The number of hydrogen-bond acceptors (Lipinski definition) is 2. The van der Waals surface area contributed by atoms with Crippen LogP contribution < -0.4 is 5.43 Å². The van der Waals surface area contributed by atoms with Gasteiger partial charge in [0.2, 0.25) is 5.91 Å². The van der Waals surface area contributed by atoms with Crippen LogP contribution in [-0.4, -0.2) is 12.1 Å². The fourth-order valence-corrected chi connectivity index (χ4v) is 2.36. The average Bonchev–Trinajstić information content (AvgIpc) is 2.54. The minimum absolute atomic E-state index is 0.0320. The van der Waals surface area contributed by atoms with Crippen molar-refractivity contribution in [2.45, 2.75) is 71.1 Å². The molecule has 0 spiro atoms. The Bertz CT molecular complexity index is 415. The highest BCUT2D eigenvalue weighted by Gasteiger charge is 1.99. The zero-order valence-electron chi connectivity index (χ0n) is 13.9. The van der Waals surface area contributed by atoms with Gasteiger partial charge in [0.1, 0.15) is 0 Å². The lowest BCUT2D eigenvalue weighted by Gasteiger charge is -2.01. The largest absolute Gasteiger partial charge is 0.273 e. The molecule has 0 atom stereocenters. The molecule has 122 valence electrons. The number of carbonyl (C=O) groups excluding carboxylic acids is 1. The number of nitrogens with one attached hydrogen (secondary N) is 1. The first-order valence-electron chi connectivity index (χ1n) is 8.67. The molecule has 1 N–H and O–H groups in total. The predicted molar refractivity (Wildman–Crippen MR) is 94.0 cm³/mol. The van der Waals surface area contributed by atoms with Crippen LogP contribution in [0, 0.1) is 0 Å². The summed E-state index contributed by atoms with van der Waals surface area (Å²) in [6.45, 7) is 2.23. The summed E-state index contributed by atoms with van der Waals surface area (Å²) in [6, 6.07) is 10.3. The van der Waals surface area contributed by atoms with E-state index in [0.29, 0.717) is 6.42 Å². The second kappa shape index (κ2) is 13.1. The van der Waals surface area contributed by atoms with Gasteiger partial charge in [-0.05, 0) is 24.8 Å². The predicted octanol–water partition coefficient (Wildman–Crippen LogP) is 4.86. The Balaban J connectivity index is 1.95. The van der Waals surface area contributed by atoms with Gasteiger partial charge in [-0.25, -0.2) is 5.43 Å². The molecule has 3 heteroatoms. The zero-order chi connectivity index (χ0) is 15.9. The van der Waals surface area contributed by atoms with Crippen LogP contribution in [0.15, 0.2) is 35.4 Å². The van der Waals surface area contributed by atoms with Crippen LogP contribution in [0.3, 0.4) is 0 Å². The van der Waals surface area contributed by atoms with Gasteiger partial charge in [0, 0.05) is 12.6 Å². The van der Waals surface area contributed by atoms with Crippen molar-refractivity contribution in [3.05, 3.63) is 35.9 Å². The van der Waals surface area contributed by atoms with Gasteiger partial charge in [0.25, 0.3) is 0 Å². The normalized spacial score (nSPS) is 11.0. The third-order valence-electron chi connectivity index (χ3n) is 3.69. The van der Waals surface area contributed by atoms with Crippen LogP contribution >= 0.6 is 0 Å². The number of unbranched alkanes of at least 4 members (excludes halogenated alkanes) is 6. The van der Waals surface area contributed by atoms with Crippen LogP contribution in [-0.2, 0) is 11.2 Å². The highest BCUT2D eigenvalue weighted by atomic mass is 16.2. The molecular weight excluding hydrogens is 272 g/mol. The Morgan fingerprint density at radius 3 is 2.45 bits per heavy atom. The summed E-state index contributed by atoms with van der Waals surface area (Å²) in [5.41, 5.74) is 3.91. The van der Waals surface area contributed by atoms with Gasteiger partial charge in [0.05, 0.1) is 0 Å². The van der Waals surface area contributed by atoms with Crippen molar-refractivity contribution < 1.29 is 4.79 Å². The summed E-state index contributed by atoms with van der Waals surface area (Å²) in [7, 11) is 0. The van der Waals surface area contributed by atoms with Gasteiger partial charge in [0.15, 0.2) is 0 Å². The van der Waals surface area contributed by atoms with Crippen molar-refractivity contribution in [1.29, 1.82) is 0 Å². The molecule has 1 aromatic carbocycles. The molecule has 1 amide bonds. The van der Waals surface area contributed by atoms with E-state index in [1.54, 1.807) is 6.21 Å². The Hall–Kier alpha value is -1.64. The molecule has 0 unspecified atom stereocenters. The van der Waals surface area contributed by atoms with E-state index in [4.69, 9.17) is 0 Å². The molecule has 0 aliphatic rings. The fraction of sp³-hybridized carbons (Fsp3) is 0.579. The highest BCUT2D eigenvalue weighted by Crippen LogP contribution is 2.08. The number of amides is 1. The SMILES string of the molecule is CCCCCCCCCC(=O)N/N=C/CCc1ccccc1. The Labute approximate surface area is 135 Å². The van der Waals surface area contributed by atoms with Crippen LogP contribution in [0.2, 0.25) is 0 Å². The minimum atomic E-state index is 0.0320. The van der Waals surface area contributed by atoms with E-state index in [0.717, 1.165) is 25.7 Å². The minimum Gasteiger partial charge on any atom is -0.273 e. The van der Waals surface area contributed by atoms with E-state index in [-0.39, 0.29) is 5.91 Å². The molecule has 1 rings (SSSR count). The summed E-state index contributed by atoms with van der Waals surface area (Å²) in [5.74, 6) is 0.0320. The van der Waals surface area contributed by atoms with Crippen molar-refractivity contribution in [2.24, 2.45) is 5.10 Å². The molecule has 0 bridgehead atoms. The molecule has 22 heavy (non-hydrogen) atoms. The first-order valence-corrected chi connectivity index (χ1v) is 8.67. The van der Waals surface area contributed by atoms with Crippen molar-refractivity contribution in [3.8, 4) is 0 Å². The standard InChI is InChI=1S/C19H30N2O/c1-2-3-4-5-6-7-11-16-19(22)21-20-17-12-15-18-13-9-8-10-14-18/h8-10,13-14,17H,2-7,11-12,15-16H2,1H3,(H,21,22)/b20-17+. The molecule has 0 saturated carbocycles. The van der Waals surface area contributed by atoms with Crippen LogP contribution in [0.1, 0.15) is 70.3 Å². The van der Waals surface area contributed by atoms with E-state index in [9.17, 15) is 4.79 Å². The number of benzene rings is 1. The summed E-state index contributed by atoms with van der Waals surface area (Å²) < 4.78 is 0. The number of rotatable bonds is 12. The van der Waals surface area contributed by atoms with Gasteiger partial charge in [-0.3, -0.25) is 4.79 Å². The van der Waals surface area contributed by atoms with Gasteiger partial charge in [-0.1, -0.05) is 75.8 Å². The second-order valence-corrected chi connectivity index (χ2v) is 5.74. The molecule has 0 aliphatic heterocycles. The number of nitrogens with zero attached hydrogens (tertiary/aromatic N) is 1. The first kappa shape index (κ1) is 18.4. The molecule has 0 aliphatic carbocycles. The molecule has 0 heterocycles. The molecular formula is C19H30N2O. The molecule has 3 nitrogen and oxygen atoms in total. The number of carbonyl (C=O) groups is 1. The fourth-order valence-electron chi connectivity index (χ4n) is 2.36. The van der Waals surface area contributed by atoms with Gasteiger partial charge in [-0.15, -0.1) is 0 Å². The maximum absolute atomic E-state index is 11.6. The number of hydrazone groups is 1. The average molecular weight is 302 g/mol. The highest BCUT2D eigenvalue weighted by molar-refractivity contribution is 5.76. The summed E-state index contributed by atoms with van der Waals surface area (Å²) in [5, 5.41) is 4.00. The third-order valence-corrected chi connectivity index (χ3v) is 3.69. The lowest BCUT2D eigenvalue weighted by molar-refractivity contribution is -0.121. The van der Waals surface area contributed by atoms with Crippen molar-refractivity contribution in [2.75, 3.05) is 0 Å². The van der Waals surface area contributed by atoms with E-state index in [1.807, 2.05) is 18.2 Å². The van der Waals surface area contributed by atoms with Crippen molar-refractivity contribution in [1.82, 2.24) is 5.43 Å². The molecule has 0 radical (unpaired) electrons. The van der Waals surface area contributed by atoms with Gasteiger partial charge >= 0.3 is 0 Å². The molecule has 0 fully saturated rings. The number of aryl methyl sites for hydroxylation is 1. The van der Waals surface area contributed by atoms with E-state index < -0.39 is 0 Å². The lowest BCUT2D eigenvalue weighted by atomic mass is 10.1. The van der Waals surface area contributed by atoms with E-state index >= 15 is 0 Å². The molecule has 1 aromatic rings. The first-order chi connectivity index (χ1) is 10.8. The van der Waals surface area contributed by atoms with Crippen LogP contribution in [0.5, 0.6) is 0 Å². The van der Waals surface area contributed by atoms with E-state index in [1.165, 1.54) is 37.7 Å². The second-order valence-electron chi connectivity index (χ2n) is 5.74.